The fourth-order valence-corrected chi connectivity index (χ4v) is 2.39. The van der Waals surface area contributed by atoms with E-state index in [0.29, 0.717) is 32.4 Å². The first-order valence-corrected chi connectivity index (χ1v) is 10.3. The average Bonchev–Trinajstić information content (AvgIpc) is 2.59. The predicted octanol–water partition coefficient (Wildman–Crippen LogP) is -0.502. The van der Waals surface area contributed by atoms with Crippen LogP contribution in [0.25, 0.3) is 0 Å². The van der Waals surface area contributed by atoms with E-state index >= 15 is 0 Å². The van der Waals surface area contributed by atoms with Gasteiger partial charge in [0.25, 0.3) is 0 Å². The number of nitrogens with one attached hydrogen (secondary N) is 1. The molecule has 0 bridgehead atoms. The van der Waals surface area contributed by atoms with E-state index in [4.69, 9.17) is 11.5 Å². The number of hydrogen-bond donors (Lipinski definition) is 3. The van der Waals surface area contributed by atoms with Crippen LogP contribution in [0.5, 0.6) is 0 Å². The van der Waals surface area contributed by atoms with Crippen molar-refractivity contribution in [2.45, 2.75) is 39.0 Å². The number of hydrogen-bond acceptors (Lipinski definition) is 7. The first kappa shape index (κ1) is 29.6. The van der Waals surface area contributed by atoms with E-state index in [1.807, 2.05) is 28.2 Å². The summed E-state index contributed by atoms with van der Waals surface area (Å²) in [4.78, 5) is 38.4. The van der Waals surface area contributed by atoms with Crippen LogP contribution in [0, 0.1) is 0 Å². The number of primary amides is 2. The molecule has 0 aromatic rings. The Morgan fingerprint density at radius 3 is 1.69 bits per heavy atom. The van der Waals surface area contributed by atoms with Crippen molar-refractivity contribution in [3.05, 3.63) is 0 Å². The third-order valence-corrected chi connectivity index (χ3v) is 4.04. The molecule has 9 nitrogen and oxygen atoms in total. The zero-order valence-corrected chi connectivity index (χ0v) is 19.2. The van der Waals surface area contributed by atoms with Gasteiger partial charge in [-0.3, -0.25) is 14.4 Å². The molecule has 0 aliphatic heterocycles. The van der Waals surface area contributed by atoms with Gasteiger partial charge in [0.1, 0.15) is 5.78 Å². The number of carbonyl (C=O) groups is 3. The summed E-state index contributed by atoms with van der Waals surface area (Å²) in [6.45, 7) is 7.59. The molecule has 0 saturated carbocycles. The second-order valence-electron chi connectivity index (χ2n) is 7.79. The summed E-state index contributed by atoms with van der Waals surface area (Å²) in [6.07, 6.45) is 3.47. The molecule has 0 aromatic carbocycles. The van der Waals surface area contributed by atoms with Crippen molar-refractivity contribution in [2.75, 3.05) is 74.0 Å². The first-order valence-electron chi connectivity index (χ1n) is 10.3. The van der Waals surface area contributed by atoms with Crippen molar-refractivity contribution in [1.29, 1.82) is 0 Å². The first-order chi connectivity index (χ1) is 13.5. The molecular formula is C20H44N6O3. The van der Waals surface area contributed by atoms with Gasteiger partial charge in [0.15, 0.2) is 0 Å². The minimum absolute atomic E-state index is 0.182. The highest BCUT2D eigenvalue weighted by atomic mass is 16.1. The quantitative estimate of drug-likeness (QED) is 0.273. The lowest BCUT2D eigenvalue weighted by Crippen LogP contribution is -2.32. The molecule has 0 rings (SSSR count). The standard InChI is InChI=1S/C12H25N3O2.C8H19N3O/c1-11(16)5-9-15(10-6-12(13)17)8-4-7-14(2)3;1-11(2)7-3-5-10-6-4-8(9)12/h4-10H2,1-3H3,(H2,13,17);10H,3-7H2,1-2H3,(H2,9,12). The van der Waals surface area contributed by atoms with Crippen LogP contribution in [0.3, 0.4) is 0 Å². The third-order valence-electron chi connectivity index (χ3n) is 4.04. The molecule has 0 saturated heterocycles. The Morgan fingerprint density at radius 2 is 1.21 bits per heavy atom. The molecule has 0 atom stereocenters. The molecule has 9 heteroatoms. The van der Waals surface area contributed by atoms with Crippen molar-refractivity contribution >= 4 is 17.6 Å². The van der Waals surface area contributed by atoms with Crippen LogP contribution >= 0.6 is 0 Å². The summed E-state index contributed by atoms with van der Waals surface area (Å²) in [5.41, 5.74) is 10.1. The molecule has 5 N–H and O–H groups in total. The number of amides is 2. The normalized spacial score (nSPS) is 10.9. The number of nitrogens with two attached hydrogens (primary N) is 2. The fourth-order valence-electron chi connectivity index (χ4n) is 2.39. The lowest BCUT2D eigenvalue weighted by Gasteiger charge is -2.22. The van der Waals surface area contributed by atoms with Crippen LogP contribution in [0.1, 0.15) is 39.0 Å². The summed E-state index contributed by atoms with van der Waals surface area (Å²) in [7, 11) is 8.15. The lowest BCUT2D eigenvalue weighted by molar-refractivity contribution is -0.119. The monoisotopic (exact) mass is 416 g/mol. The molecule has 0 heterocycles. The lowest BCUT2D eigenvalue weighted by atomic mass is 10.2. The van der Waals surface area contributed by atoms with Gasteiger partial charge in [-0.15, -0.1) is 0 Å². The number of carbonyl (C=O) groups excluding carboxylic acids is 3. The van der Waals surface area contributed by atoms with Gasteiger partial charge < -0.3 is 31.5 Å². The maximum Gasteiger partial charge on any atom is 0.218 e. The molecule has 0 aromatic heterocycles. The van der Waals surface area contributed by atoms with Gasteiger partial charge >= 0.3 is 0 Å². The minimum Gasteiger partial charge on any atom is -0.370 e. The Hall–Kier alpha value is -1.55. The maximum atomic E-state index is 10.9. The van der Waals surface area contributed by atoms with Gasteiger partial charge in [-0.25, -0.2) is 0 Å². The van der Waals surface area contributed by atoms with E-state index in [9.17, 15) is 14.4 Å². The molecule has 0 spiro atoms. The van der Waals surface area contributed by atoms with Crippen LogP contribution in [0.15, 0.2) is 0 Å². The van der Waals surface area contributed by atoms with Gasteiger partial charge in [-0.1, -0.05) is 0 Å². The fraction of sp³-hybridized carbons (Fsp3) is 0.850. The summed E-state index contributed by atoms with van der Waals surface area (Å²) in [6, 6.07) is 0. The number of Topliss-reactive ketones (excluding diaryl/α,β-unsaturated/α-hetero) is 1. The van der Waals surface area contributed by atoms with Gasteiger partial charge in [0.2, 0.25) is 11.8 Å². The average molecular weight is 417 g/mol. The highest BCUT2D eigenvalue weighted by Crippen LogP contribution is 1.98. The van der Waals surface area contributed by atoms with E-state index < -0.39 is 0 Å². The van der Waals surface area contributed by atoms with E-state index in [1.165, 1.54) is 0 Å². The van der Waals surface area contributed by atoms with Crippen molar-refractivity contribution in [2.24, 2.45) is 11.5 Å². The van der Waals surface area contributed by atoms with Crippen LogP contribution in [-0.4, -0.2) is 106 Å². The number of ketones is 1. The zero-order valence-electron chi connectivity index (χ0n) is 19.2. The van der Waals surface area contributed by atoms with Crippen LogP contribution in [0.4, 0.5) is 0 Å². The van der Waals surface area contributed by atoms with Gasteiger partial charge in [-0.05, 0) is 74.1 Å². The number of nitrogens with zero attached hydrogens (tertiary/aromatic N) is 3. The van der Waals surface area contributed by atoms with Gasteiger partial charge in [0.05, 0.1) is 0 Å². The molecular weight excluding hydrogens is 372 g/mol. The second-order valence-corrected chi connectivity index (χ2v) is 7.79. The van der Waals surface area contributed by atoms with Gasteiger partial charge in [0, 0.05) is 38.9 Å². The Bertz CT molecular complexity index is 426. The van der Waals surface area contributed by atoms with Crippen molar-refractivity contribution in [3.8, 4) is 0 Å². The van der Waals surface area contributed by atoms with E-state index in [1.54, 1.807) is 6.92 Å². The van der Waals surface area contributed by atoms with E-state index in [2.05, 4.69) is 20.0 Å². The SMILES string of the molecule is CC(=O)CCN(CCCN(C)C)CCC(N)=O.CN(C)CCCNCCC(N)=O. The highest BCUT2D eigenvalue weighted by molar-refractivity contribution is 5.75. The topological polar surface area (TPSA) is 125 Å². The van der Waals surface area contributed by atoms with Crippen molar-refractivity contribution in [1.82, 2.24) is 20.0 Å². The second kappa shape index (κ2) is 19.8. The summed E-state index contributed by atoms with van der Waals surface area (Å²) < 4.78 is 0. The van der Waals surface area contributed by atoms with E-state index in [0.717, 1.165) is 45.6 Å². The van der Waals surface area contributed by atoms with Crippen molar-refractivity contribution in [3.63, 3.8) is 0 Å². The molecule has 0 radical (unpaired) electrons. The van der Waals surface area contributed by atoms with Crippen LogP contribution < -0.4 is 16.8 Å². The largest absolute Gasteiger partial charge is 0.370 e. The Labute approximate surface area is 177 Å². The summed E-state index contributed by atoms with van der Waals surface area (Å²) in [5.74, 6) is -0.345. The van der Waals surface area contributed by atoms with Crippen LogP contribution in [-0.2, 0) is 14.4 Å². The molecule has 0 aliphatic carbocycles. The molecule has 29 heavy (non-hydrogen) atoms. The molecule has 172 valence electrons. The molecule has 0 aliphatic rings. The Kier molecular flexibility index (Phi) is 20.2. The van der Waals surface area contributed by atoms with Gasteiger partial charge in [-0.2, -0.15) is 0 Å². The predicted molar refractivity (Wildman–Crippen MR) is 119 cm³/mol. The maximum absolute atomic E-state index is 10.9. The zero-order chi connectivity index (χ0) is 22.7. The molecule has 0 fully saturated rings. The van der Waals surface area contributed by atoms with E-state index in [-0.39, 0.29) is 17.6 Å². The minimum atomic E-state index is -0.287. The summed E-state index contributed by atoms with van der Waals surface area (Å²) in [5, 5.41) is 3.14. The molecule has 2 amide bonds. The Morgan fingerprint density at radius 1 is 0.690 bits per heavy atom. The molecule has 0 unspecified atom stereocenters. The Balaban J connectivity index is 0. The van der Waals surface area contributed by atoms with Crippen LogP contribution in [0.2, 0.25) is 0 Å². The smallest absolute Gasteiger partial charge is 0.218 e. The summed E-state index contributed by atoms with van der Waals surface area (Å²) >= 11 is 0. The number of rotatable bonds is 17. The highest BCUT2D eigenvalue weighted by Gasteiger charge is 2.08. The van der Waals surface area contributed by atoms with Crippen molar-refractivity contribution < 1.29 is 14.4 Å². The third kappa shape index (κ3) is 28.8.